The number of nitrogens with one attached hydrogen (secondary N) is 1. The molecule has 9 nitrogen and oxygen atoms in total. The number of hydrogen-bond donors (Lipinski definition) is 2. The standard InChI is InChI=1S/C21H24FN7O2/c1-28-9-13(7-24-28)12-3-4-15(19(30)5-12)16-8-23-21(27-26-16)29(2)18-6-14-10-31-11-17(25-14)20(18)22/h3-5,7-9,14,17-18,20,25,30H,6,10-11H2,1-2H3/t14-,17+,18-,20+/m0/s1. The highest BCUT2D eigenvalue weighted by atomic mass is 19.1. The van der Waals surface area contributed by atoms with Crippen LogP contribution in [0.4, 0.5) is 10.3 Å². The maximum absolute atomic E-state index is 14.9. The Morgan fingerprint density at radius 1 is 1.23 bits per heavy atom. The van der Waals surface area contributed by atoms with Crippen LogP contribution in [0.25, 0.3) is 22.4 Å². The van der Waals surface area contributed by atoms with Gasteiger partial charge in [0.15, 0.2) is 0 Å². The molecule has 1 aromatic carbocycles. The summed E-state index contributed by atoms with van der Waals surface area (Å²) in [7, 11) is 3.63. The van der Waals surface area contributed by atoms with E-state index in [2.05, 4.69) is 25.6 Å². The highest BCUT2D eigenvalue weighted by molar-refractivity contribution is 5.73. The van der Waals surface area contributed by atoms with E-state index in [0.717, 1.165) is 11.1 Å². The Balaban J connectivity index is 1.35. The van der Waals surface area contributed by atoms with Crippen LogP contribution in [0.5, 0.6) is 5.75 Å². The van der Waals surface area contributed by atoms with E-state index < -0.39 is 6.17 Å². The summed E-state index contributed by atoms with van der Waals surface area (Å²) in [5, 5.41) is 26.4. The zero-order valence-corrected chi connectivity index (χ0v) is 17.3. The number of aryl methyl sites for hydroxylation is 1. The van der Waals surface area contributed by atoms with Gasteiger partial charge < -0.3 is 20.1 Å². The van der Waals surface area contributed by atoms with Crippen LogP contribution in [-0.2, 0) is 11.8 Å². The molecular formula is C21H24FN7O2. The Morgan fingerprint density at radius 3 is 2.81 bits per heavy atom. The molecule has 0 aliphatic carbocycles. The van der Waals surface area contributed by atoms with Crippen LogP contribution < -0.4 is 10.2 Å². The molecule has 0 saturated carbocycles. The molecule has 2 aromatic heterocycles. The smallest absolute Gasteiger partial charge is 0.245 e. The number of aromatic nitrogens is 5. The van der Waals surface area contributed by atoms with Crippen LogP contribution in [0.2, 0.25) is 0 Å². The van der Waals surface area contributed by atoms with Gasteiger partial charge >= 0.3 is 0 Å². The highest BCUT2D eigenvalue weighted by Gasteiger charge is 2.42. The summed E-state index contributed by atoms with van der Waals surface area (Å²) in [4.78, 5) is 6.14. The van der Waals surface area contributed by atoms with Gasteiger partial charge in [0.25, 0.3) is 0 Å². The molecule has 2 aliphatic rings. The molecule has 2 N–H and O–H groups in total. The van der Waals surface area contributed by atoms with Gasteiger partial charge in [0.1, 0.15) is 17.6 Å². The van der Waals surface area contributed by atoms with Crippen molar-refractivity contribution in [2.75, 3.05) is 25.2 Å². The van der Waals surface area contributed by atoms with Crippen molar-refractivity contribution in [1.29, 1.82) is 0 Å². The minimum absolute atomic E-state index is 0.0774. The molecule has 0 radical (unpaired) electrons. The van der Waals surface area contributed by atoms with Crippen LogP contribution in [-0.4, -0.2) is 74.6 Å². The van der Waals surface area contributed by atoms with Gasteiger partial charge in [0, 0.05) is 37.5 Å². The minimum atomic E-state index is -1.09. The molecule has 4 atom stereocenters. The number of fused-ring (bicyclic) bond motifs is 2. The van der Waals surface area contributed by atoms with Crippen molar-refractivity contribution >= 4 is 5.95 Å². The normalized spacial score (nSPS) is 25.4. The van der Waals surface area contributed by atoms with Gasteiger partial charge in [-0.3, -0.25) is 4.68 Å². The van der Waals surface area contributed by atoms with E-state index in [1.54, 1.807) is 41.2 Å². The number of benzene rings is 1. The molecule has 5 rings (SSSR count). The Morgan fingerprint density at radius 2 is 2.10 bits per heavy atom. The lowest BCUT2D eigenvalue weighted by Crippen LogP contribution is -2.65. The number of piperidine rings is 1. The number of phenolic OH excluding ortho intramolecular Hbond substituents is 1. The summed E-state index contributed by atoms with van der Waals surface area (Å²) in [6.07, 6.45) is 4.68. The summed E-state index contributed by atoms with van der Waals surface area (Å²) in [5.74, 6) is 0.428. The second-order valence-corrected chi connectivity index (χ2v) is 8.14. The SMILES string of the molecule is CN(c1ncc(-c2ccc(-c3cnn(C)c3)cc2O)nn1)[C@H]1C[C@H]2COC[C@@H](N2)[C@H]1F. The first-order chi connectivity index (χ1) is 15.0. The topological polar surface area (TPSA) is 101 Å². The van der Waals surface area contributed by atoms with E-state index in [0.29, 0.717) is 36.8 Å². The number of aromatic hydroxyl groups is 1. The lowest BCUT2D eigenvalue weighted by Gasteiger charge is -2.45. The van der Waals surface area contributed by atoms with Gasteiger partial charge in [0.2, 0.25) is 5.95 Å². The second kappa shape index (κ2) is 7.86. The first-order valence-electron chi connectivity index (χ1n) is 10.2. The van der Waals surface area contributed by atoms with Gasteiger partial charge in [-0.1, -0.05) is 6.07 Å². The van der Waals surface area contributed by atoms with Crippen LogP contribution in [0.1, 0.15) is 6.42 Å². The zero-order chi connectivity index (χ0) is 21.5. The number of hydrogen-bond acceptors (Lipinski definition) is 8. The molecule has 2 saturated heterocycles. The van der Waals surface area contributed by atoms with E-state index in [-0.39, 0.29) is 23.9 Å². The van der Waals surface area contributed by atoms with Crippen molar-refractivity contribution in [1.82, 2.24) is 30.3 Å². The van der Waals surface area contributed by atoms with Crippen molar-refractivity contribution in [3.8, 4) is 28.1 Å². The van der Waals surface area contributed by atoms with Crippen molar-refractivity contribution in [3.05, 3.63) is 36.8 Å². The predicted octanol–water partition coefficient (Wildman–Crippen LogP) is 1.55. The first kappa shape index (κ1) is 19.8. The van der Waals surface area contributed by atoms with Crippen molar-refractivity contribution in [3.63, 3.8) is 0 Å². The predicted molar refractivity (Wildman–Crippen MR) is 112 cm³/mol. The van der Waals surface area contributed by atoms with Crippen molar-refractivity contribution in [2.24, 2.45) is 7.05 Å². The van der Waals surface area contributed by atoms with Gasteiger partial charge in [-0.2, -0.15) is 5.10 Å². The van der Waals surface area contributed by atoms with Gasteiger partial charge in [-0.05, 0) is 24.1 Å². The Hall–Kier alpha value is -3.11. The number of morpholine rings is 1. The highest BCUT2D eigenvalue weighted by Crippen LogP contribution is 2.32. The Labute approximate surface area is 178 Å². The molecule has 10 heteroatoms. The maximum atomic E-state index is 14.9. The maximum Gasteiger partial charge on any atom is 0.245 e. The van der Waals surface area contributed by atoms with Crippen LogP contribution in [0.3, 0.4) is 0 Å². The largest absolute Gasteiger partial charge is 0.507 e. The third kappa shape index (κ3) is 3.72. The average molecular weight is 425 g/mol. The molecule has 0 amide bonds. The van der Waals surface area contributed by atoms with E-state index in [1.807, 2.05) is 19.3 Å². The molecule has 0 unspecified atom stereocenters. The lowest BCUT2D eigenvalue weighted by molar-refractivity contribution is -0.0176. The van der Waals surface area contributed by atoms with E-state index >= 15 is 0 Å². The Bertz CT molecular complexity index is 1070. The zero-order valence-electron chi connectivity index (χ0n) is 17.3. The molecule has 31 heavy (non-hydrogen) atoms. The average Bonchev–Trinajstić information content (AvgIpc) is 3.22. The third-order valence-corrected chi connectivity index (χ3v) is 6.02. The molecule has 4 heterocycles. The molecular weight excluding hydrogens is 401 g/mol. The molecule has 3 aromatic rings. The minimum Gasteiger partial charge on any atom is -0.507 e. The van der Waals surface area contributed by atoms with Crippen LogP contribution >= 0.6 is 0 Å². The fourth-order valence-corrected chi connectivity index (χ4v) is 4.32. The third-order valence-electron chi connectivity index (χ3n) is 6.02. The van der Waals surface area contributed by atoms with Gasteiger partial charge in [0.05, 0.1) is 37.7 Å². The van der Waals surface area contributed by atoms with Crippen LogP contribution in [0.15, 0.2) is 36.8 Å². The number of rotatable bonds is 4. The molecule has 2 aliphatic heterocycles. The van der Waals surface area contributed by atoms with Crippen molar-refractivity contribution < 1.29 is 14.2 Å². The Kier molecular flexibility index (Phi) is 5.03. The number of nitrogens with zero attached hydrogens (tertiary/aromatic N) is 6. The van der Waals surface area contributed by atoms with Crippen molar-refractivity contribution in [2.45, 2.75) is 30.7 Å². The number of ether oxygens (including phenoxy) is 1. The molecule has 0 spiro atoms. The van der Waals surface area contributed by atoms with Gasteiger partial charge in [-0.25, -0.2) is 9.37 Å². The van der Waals surface area contributed by atoms with E-state index in [9.17, 15) is 9.50 Å². The molecule has 162 valence electrons. The fraction of sp³-hybridized carbons (Fsp3) is 0.429. The molecule has 2 fully saturated rings. The summed E-state index contributed by atoms with van der Waals surface area (Å²) in [6, 6.07) is 4.79. The number of alkyl halides is 1. The monoisotopic (exact) mass is 425 g/mol. The number of anilines is 1. The van der Waals surface area contributed by atoms with E-state index in [4.69, 9.17) is 4.74 Å². The lowest BCUT2D eigenvalue weighted by atomic mass is 9.90. The summed E-state index contributed by atoms with van der Waals surface area (Å²) in [6.45, 7) is 0.953. The fourth-order valence-electron chi connectivity index (χ4n) is 4.32. The van der Waals surface area contributed by atoms with Gasteiger partial charge in [-0.15, -0.1) is 10.2 Å². The summed E-state index contributed by atoms with van der Waals surface area (Å²) in [5.41, 5.74) is 2.73. The second-order valence-electron chi connectivity index (χ2n) is 8.14. The molecule has 2 bridgehead atoms. The summed E-state index contributed by atoms with van der Waals surface area (Å²) < 4.78 is 22.1. The number of halogens is 1. The first-order valence-corrected chi connectivity index (χ1v) is 10.2. The van der Waals surface area contributed by atoms with E-state index in [1.165, 1.54) is 0 Å². The van der Waals surface area contributed by atoms with Crippen LogP contribution in [0, 0.1) is 0 Å². The number of phenols is 1. The quantitative estimate of drug-likeness (QED) is 0.649. The summed E-state index contributed by atoms with van der Waals surface area (Å²) >= 11 is 0.